The Morgan fingerprint density at radius 1 is 1.24 bits per heavy atom. The van der Waals surface area contributed by atoms with Gasteiger partial charge in [0.15, 0.2) is 0 Å². The zero-order valence-electron chi connectivity index (χ0n) is 15.2. The van der Waals surface area contributed by atoms with E-state index in [0.717, 1.165) is 32.4 Å². The summed E-state index contributed by atoms with van der Waals surface area (Å²) in [4.78, 5) is 14.5. The predicted molar refractivity (Wildman–Crippen MR) is 89.5 cm³/mol. The molecule has 0 amide bonds. The smallest absolute Gasteiger partial charge is 0.325 e. The lowest BCUT2D eigenvalue weighted by Crippen LogP contribution is -2.53. The average molecular weight is 300 g/mol. The molecule has 0 bridgehead atoms. The number of nitrogens with zero attached hydrogens (tertiary/aromatic N) is 1. The molecule has 0 aromatic rings. The number of carbonyl (C=O) groups excluding carboxylic acids is 1. The standard InChI is InChI=1S/C17H36N2O2/c1-8-15(5)19(9-2)13-11-10-12-17(6,16(20)21-7)18-14(3)4/h14-15,18H,8-13H2,1-7H3. The van der Waals surface area contributed by atoms with E-state index in [1.54, 1.807) is 0 Å². The second-order valence-electron chi connectivity index (χ2n) is 6.47. The summed E-state index contributed by atoms with van der Waals surface area (Å²) < 4.78 is 4.96. The number of hydrogen-bond acceptors (Lipinski definition) is 4. The van der Waals surface area contributed by atoms with Crippen LogP contribution < -0.4 is 5.32 Å². The van der Waals surface area contributed by atoms with E-state index in [9.17, 15) is 4.79 Å². The lowest BCUT2D eigenvalue weighted by atomic mass is 9.93. The van der Waals surface area contributed by atoms with E-state index in [4.69, 9.17) is 4.74 Å². The third-order valence-electron chi connectivity index (χ3n) is 4.24. The Kier molecular flexibility index (Phi) is 9.88. The summed E-state index contributed by atoms with van der Waals surface area (Å²) in [6.07, 6.45) is 4.14. The van der Waals surface area contributed by atoms with Crippen LogP contribution in [0.5, 0.6) is 0 Å². The molecule has 4 heteroatoms. The van der Waals surface area contributed by atoms with Gasteiger partial charge in [0.2, 0.25) is 0 Å². The molecule has 0 aliphatic carbocycles. The molecule has 0 saturated heterocycles. The molecule has 4 nitrogen and oxygen atoms in total. The molecule has 0 spiro atoms. The third kappa shape index (κ3) is 7.28. The van der Waals surface area contributed by atoms with Gasteiger partial charge in [0, 0.05) is 12.1 Å². The van der Waals surface area contributed by atoms with Crippen molar-refractivity contribution in [3.63, 3.8) is 0 Å². The largest absolute Gasteiger partial charge is 0.468 e. The van der Waals surface area contributed by atoms with E-state index in [1.165, 1.54) is 13.5 Å². The van der Waals surface area contributed by atoms with Crippen molar-refractivity contribution in [1.29, 1.82) is 0 Å². The second kappa shape index (κ2) is 10.2. The molecule has 0 aromatic heterocycles. The zero-order chi connectivity index (χ0) is 16.5. The monoisotopic (exact) mass is 300 g/mol. The summed E-state index contributed by atoms with van der Waals surface area (Å²) in [6, 6.07) is 0.900. The van der Waals surface area contributed by atoms with Gasteiger partial charge >= 0.3 is 5.97 Å². The number of unbranched alkanes of at least 4 members (excludes halogenated alkanes) is 1. The quantitative estimate of drug-likeness (QED) is 0.470. The van der Waals surface area contributed by atoms with Gasteiger partial charge in [0.05, 0.1) is 7.11 Å². The minimum absolute atomic E-state index is 0.162. The van der Waals surface area contributed by atoms with Crippen molar-refractivity contribution in [3.05, 3.63) is 0 Å². The number of hydrogen-bond donors (Lipinski definition) is 1. The van der Waals surface area contributed by atoms with Gasteiger partial charge in [-0.25, -0.2) is 0 Å². The molecule has 0 radical (unpaired) electrons. The normalized spacial score (nSPS) is 16.0. The highest BCUT2D eigenvalue weighted by Crippen LogP contribution is 2.17. The number of carbonyl (C=O) groups is 1. The van der Waals surface area contributed by atoms with Crippen LogP contribution in [0.3, 0.4) is 0 Å². The van der Waals surface area contributed by atoms with Crippen molar-refractivity contribution in [2.24, 2.45) is 0 Å². The lowest BCUT2D eigenvalue weighted by molar-refractivity contribution is -0.148. The molecule has 0 aromatic carbocycles. The number of rotatable bonds is 11. The van der Waals surface area contributed by atoms with E-state index in [1.807, 2.05) is 6.92 Å². The Labute approximate surface area is 131 Å². The molecule has 0 rings (SSSR count). The maximum absolute atomic E-state index is 12.0. The fraction of sp³-hybridized carbons (Fsp3) is 0.941. The Bertz CT molecular complexity index is 295. The Morgan fingerprint density at radius 3 is 2.29 bits per heavy atom. The summed E-state index contributed by atoms with van der Waals surface area (Å²) in [6.45, 7) is 15.0. The SMILES string of the molecule is CCC(C)N(CC)CCCCC(C)(NC(C)C)C(=O)OC. The first-order valence-corrected chi connectivity index (χ1v) is 8.40. The fourth-order valence-electron chi connectivity index (χ4n) is 2.84. The number of methoxy groups -OCH3 is 1. The van der Waals surface area contributed by atoms with E-state index in [-0.39, 0.29) is 12.0 Å². The molecule has 1 N–H and O–H groups in total. The summed E-state index contributed by atoms with van der Waals surface area (Å²) in [7, 11) is 1.46. The summed E-state index contributed by atoms with van der Waals surface area (Å²) in [5.74, 6) is -0.162. The fourth-order valence-corrected chi connectivity index (χ4v) is 2.84. The Morgan fingerprint density at radius 2 is 1.86 bits per heavy atom. The van der Waals surface area contributed by atoms with Gasteiger partial charge in [-0.15, -0.1) is 0 Å². The highest BCUT2D eigenvalue weighted by molar-refractivity contribution is 5.80. The van der Waals surface area contributed by atoms with Crippen molar-refractivity contribution in [3.8, 4) is 0 Å². The lowest BCUT2D eigenvalue weighted by Gasteiger charge is -2.31. The van der Waals surface area contributed by atoms with Crippen LogP contribution in [0.25, 0.3) is 0 Å². The first kappa shape index (κ1) is 20.4. The van der Waals surface area contributed by atoms with Gasteiger partial charge in [-0.05, 0) is 66.5 Å². The van der Waals surface area contributed by atoms with E-state index in [2.05, 4.69) is 44.8 Å². The molecule has 2 unspecified atom stereocenters. The Balaban J connectivity index is 4.34. The minimum atomic E-state index is -0.573. The summed E-state index contributed by atoms with van der Waals surface area (Å²) in [5, 5.41) is 3.35. The molecule has 126 valence electrons. The number of ether oxygens (including phenoxy) is 1. The molecule has 0 fully saturated rings. The maximum Gasteiger partial charge on any atom is 0.325 e. The van der Waals surface area contributed by atoms with Crippen LogP contribution in [-0.4, -0.2) is 48.7 Å². The van der Waals surface area contributed by atoms with Crippen LogP contribution in [0.4, 0.5) is 0 Å². The molecular formula is C17H36N2O2. The van der Waals surface area contributed by atoms with Crippen LogP contribution in [0.15, 0.2) is 0 Å². The van der Waals surface area contributed by atoms with Crippen molar-refractivity contribution < 1.29 is 9.53 Å². The first-order valence-electron chi connectivity index (χ1n) is 8.40. The third-order valence-corrected chi connectivity index (χ3v) is 4.24. The van der Waals surface area contributed by atoms with Crippen LogP contribution in [0, 0.1) is 0 Å². The summed E-state index contributed by atoms with van der Waals surface area (Å²) in [5.41, 5.74) is -0.573. The van der Waals surface area contributed by atoms with Crippen LogP contribution >= 0.6 is 0 Å². The topological polar surface area (TPSA) is 41.6 Å². The molecule has 0 aliphatic heterocycles. The molecule has 21 heavy (non-hydrogen) atoms. The van der Waals surface area contributed by atoms with Crippen molar-refractivity contribution in [1.82, 2.24) is 10.2 Å². The molecule has 0 aliphatic rings. The molecule has 0 saturated carbocycles. The summed E-state index contributed by atoms with van der Waals surface area (Å²) >= 11 is 0. The van der Waals surface area contributed by atoms with Crippen LogP contribution in [0.2, 0.25) is 0 Å². The zero-order valence-corrected chi connectivity index (χ0v) is 15.2. The highest BCUT2D eigenvalue weighted by atomic mass is 16.5. The van der Waals surface area contributed by atoms with Gasteiger partial charge in [-0.1, -0.05) is 13.8 Å². The van der Waals surface area contributed by atoms with Crippen molar-refractivity contribution >= 4 is 5.97 Å². The molecule has 0 heterocycles. The van der Waals surface area contributed by atoms with Gasteiger partial charge in [-0.2, -0.15) is 0 Å². The Hall–Kier alpha value is -0.610. The predicted octanol–water partition coefficient (Wildman–Crippen LogP) is 3.21. The van der Waals surface area contributed by atoms with Gasteiger partial charge in [0.1, 0.15) is 5.54 Å². The molecular weight excluding hydrogens is 264 g/mol. The van der Waals surface area contributed by atoms with E-state index >= 15 is 0 Å². The average Bonchev–Trinajstić information content (AvgIpc) is 2.44. The van der Waals surface area contributed by atoms with Crippen molar-refractivity contribution in [2.45, 2.75) is 84.8 Å². The molecule has 2 atom stereocenters. The van der Waals surface area contributed by atoms with Gasteiger partial charge in [-0.3, -0.25) is 10.1 Å². The minimum Gasteiger partial charge on any atom is -0.468 e. The number of nitrogens with one attached hydrogen (secondary N) is 1. The highest BCUT2D eigenvalue weighted by Gasteiger charge is 2.34. The maximum atomic E-state index is 12.0. The van der Waals surface area contributed by atoms with Gasteiger partial charge in [0.25, 0.3) is 0 Å². The van der Waals surface area contributed by atoms with E-state index in [0.29, 0.717) is 6.04 Å². The van der Waals surface area contributed by atoms with Gasteiger partial charge < -0.3 is 9.64 Å². The van der Waals surface area contributed by atoms with Crippen molar-refractivity contribution in [2.75, 3.05) is 20.2 Å². The van der Waals surface area contributed by atoms with Crippen LogP contribution in [0.1, 0.15) is 67.2 Å². The number of esters is 1. The van der Waals surface area contributed by atoms with Crippen LogP contribution in [-0.2, 0) is 9.53 Å². The van der Waals surface area contributed by atoms with E-state index < -0.39 is 5.54 Å². The first-order chi connectivity index (χ1) is 9.80. The second-order valence-corrected chi connectivity index (χ2v) is 6.47.